The third-order valence-corrected chi connectivity index (χ3v) is 5.15. The van der Waals surface area contributed by atoms with E-state index in [1.54, 1.807) is 12.1 Å². The van der Waals surface area contributed by atoms with Gasteiger partial charge in [-0.3, -0.25) is 4.79 Å². The molecule has 1 amide bonds. The van der Waals surface area contributed by atoms with Gasteiger partial charge >= 0.3 is 0 Å². The fraction of sp³-hybridized carbons (Fsp3) is 0.0455. The molecular weight excluding hydrogens is 418 g/mol. The van der Waals surface area contributed by atoms with Gasteiger partial charge in [-0.1, -0.05) is 84.0 Å². The van der Waals surface area contributed by atoms with E-state index in [1.165, 1.54) is 18.0 Å². The van der Waals surface area contributed by atoms with Crippen LogP contribution < -0.4 is 5.32 Å². The summed E-state index contributed by atoms with van der Waals surface area (Å²) >= 11 is 7.02. The number of carbonyl (C=O) groups excluding carboxylic acids is 1. The third-order valence-electron chi connectivity index (χ3n) is 4.09. The third kappa shape index (κ3) is 5.00. The molecule has 0 aliphatic heterocycles. The van der Waals surface area contributed by atoms with Crippen molar-refractivity contribution in [3.05, 3.63) is 84.0 Å². The monoisotopic (exact) mass is 433 g/mol. The summed E-state index contributed by atoms with van der Waals surface area (Å²) < 4.78 is 0. The molecule has 6 nitrogen and oxygen atoms in total. The summed E-state index contributed by atoms with van der Waals surface area (Å²) in [6.07, 6.45) is 1.48. The van der Waals surface area contributed by atoms with Crippen molar-refractivity contribution < 1.29 is 4.79 Å². The van der Waals surface area contributed by atoms with Crippen molar-refractivity contribution in [3.63, 3.8) is 0 Å². The average molecular weight is 434 g/mol. The van der Waals surface area contributed by atoms with E-state index in [0.29, 0.717) is 21.7 Å². The largest absolute Gasteiger partial charge is 0.310 e. The van der Waals surface area contributed by atoms with Gasteiger partial charge in [0.15, 0.2) is 0 Å². The molecule has 0 radical (unpaired) electrons. The van der Waals surface area contributed by atoms with E-state index >= 15 is 0 Å². The van der Waals surface area contributed by atoms with Crippen molar-refractivity contribution in [1.82, 2.24) is 20.2 Å². The molecule has 0 saturated carbocycles. The molecule has 0 aliphatic rings. The van der Waals surface area contributed by atoms with Gasteiger partial charge in [0.1, 0.15) is 17.2 Å². The summed E-state index contributed by atoms with van der Waals surface area (Å²) in [5, 5.41) is 12.3. The first-order chi connectivity index (χ1) is 14.7. The second-order valence-electron chi connectivity index (χ2n) is 6.22. The molecule has 4 aromatic rings. The minimum absolute atomic E-state index is 0.130. The Labute approximate surface area is 182 Å². The summed E-state index contributed by atoms with van der Waals surface area (Å²) in [6.45, 7) is 0. The Morgan fingerprint density at radius 1 is 0.867 bits per heavy atom. The lowest BCUT2D eigenvalue weighted by molar-refractivity contribution is -0.113. The topological polar surface area (TPSA) is 80.7 Å². The van der Waals surface area contributed by atoms with Crippen LogP contribution in [0.1, 0.15) is 0 Å². The molecule has 0 atom stereocenters. The summed E-state index contributed by atoms with van der Waals surface area (Å²) in [7, 11) is 0. The van der Waals surface area contributed by atoms with E-state index in [4.69, 9.17) is 11.6 Å². The summed E-state index contributed by atoms with van der Waals surface area (Å²) in [5.41, 5.74) is 3.28. The van der Waals surface area contributed by atoms with Crippen molar-refractivity contribution in [1.29, 1.82) is 0 Å². The highest BCUT2D eigenvalue weighted by Crippen LogP contribution is 2.29. The maximum absolute atomic E-state index is 12.2. The molecule has 30 heavy (non-hydrogen) atoms. The van der Waals surface area contributed by atoms with Crippen molar-refractivity contribution in [2.45, 2.75) is 5.16 Å². The number of nitrogens with one attached hydrogen (secondary N) is 1. The zero-order chi connectivity index (χ0) is 20.8. The van der Waals surface area contributed by atoms with Gasteiger partial charge in [0, 0.05) is 17.3 Å². The van der Waals surface area contributed by atoms with Crippen molar-refractivity contribution in [2.24, 2.45) is 0 Å². The number of aromatic nitrogens is 4. The lowest BCUT2D eigenvalue weighted by Gasteiger charge is -2.09. The minimum Gasteiger partial charge on any atom is -0.310 e. The zero-order valence-electron chi connectivity index (χ0n) is 15.7. The average Bonchev–Trinajstić information content (AvgIpc) is 2.80. The number of thioether (sulfide) groups is 1. The molecule has 8 heteroatoms. The highest BCUT2D eigenvalue weighted by Gasteiger charge is 2.14. The molecule has 0 bridgehead atoms. The molecule has 4 rings (SSSR count). The van der Waals surface area contributed by atoms with Crippen LogP contribution in [0.15, 0.2) is 84.1 Å². The Bertz CT molecular complexity index is 1140. The molecule has 2 heterocycles. The summed E-state index contributed by atoms with van der Waals surface area (Å²) in [4.78, 5) is 21.0. The molecule has 0 fully saturated rings. The molecule has 0 saturated heterocycles. The number of nitrogens with zero attached hydrogens (tertiary/aromatic N) is 4. The number of hydrogen-bond donors (Lipinski definition) is 1. The molecule has 1 N–H and O–H groups in total. The van der Waals surface area contributed by atoms with Crippen LogP contribution >= 0.6 is 23.4 Å². The molecule has 0 spiro atoms. The van der Waals surface area contributed by atoms with E-state index in [2.05, 4.69) is 25.5 Å². The van der Waals surface area contributed by atoms with Crippen LogP contribution in [0.25, 0.3) is 22.5 Å². The van der Waals surface area contributed by atoms with Crippen LogP contribution in [0.3, 0.4) is 0 Å². The van der Waals surface area contributed by atoms with Gasteiger partial charge in [-0.15, -0.1) is 10.2 Å². The van der Waals surface area contributed by atoms with Gasteiger partial charge in [0.2, 0.25) is 11.1 Å². The van der Waals surface area contributed by atoms with E-state index in [0.717, 1.165) is 16.8 Å². The van der Waals surface area contributed by atoms with Gasteiger partial charge in [-0.25, -0.2) is 9.97 Å². The van der Waals surface area contributed by atoms with Crippen LogP contribution in [-0.4, -0.2) is 31.8 Å². The highest BCUT2D eigenvalue weighted by atomic mass is 35.5. The van der Waals surface area contributed by atoms with Crippen LogP contribution in [0.4, 0.5) is 5.82 Å². The SMILES string of the molecule is O=C(CSc1nnc(-c2ccccc2)c(-c2ccccc2)n1)Nc1ccc(Cl)cn1. The summed E-state index contributed by atoms with van der Waals surface area (Å²) in [6, 6.07) is 22.9. The highest BCUT2D eigenvalue weighted by molar-refractivity contribution is 7.99. The molecule has 2 aromatic heterocycles. The number of hydrogen-bond acceptors (Lipinski definition) is 6. The van der Waals surface area contributed by atoms with Crippen LogP contribution in [0, 0.1) is 0 Å². The predicted octanol–water partition coefficient (Wildman–Crippen LogP) is 4.98. The number of benzene rings is 2. The maximum atomic E-state index is 12.2. The van der Waals surface area contributed by atoms with Crippen molar-refractivity contribution >= 4 is 35.1 Å². The fourth-order valence-corrected chi connectivity index (χ4v) is 3.42. The van der Waals surface area contributed by atoms with E-state index in [-0.39, 0.29) is 11.7 Å². The Morgan fingerprint density at radius 2 is 1.53 bits per heavy atom. The van der Waals surface area contributed by atoms with Crippen LogP contribution in [-0.2, 0) is 4.79 Å². The Balaban J connectivity index is 1.54. The number of anilines is 1. The van der Waals surface area contributed by atoms with Gasteiger partial charge in [0.05, 0.1) is 10.8 Å². The minimum atomic E-state index is -0.216. The number of halogens is 1. The lowest BCUT2D eigenvalue weighted by atomic mass is 10.0. The Morgan fingerprint density at radius 3 is 2.17 bits per heavy atom. The second kappa shape index (κ2) is 9.47. The van der Waals surface area contributed by atoms with Gasteiger partial charge in [-0.05, 0) is 12.1 Å². The first kappa shape index (κ1) is 20.0. The lowest BCUT2D eigenvalue weighted by Crippen LogP contribution is -2.15. The van der Waals surface area contributed by atoms with Crippen molar-refractivity contribution in [3.8, 4) is 22.5 Å². The molecule has 0 aliphatic carbocycles. The first-order valence-electron chi connectivity index (χ1n) is 9.09. The van der Waals surface area contributed by atoms with Gasteiger partial charge in [0.25, 0.3) is 0 Å². The second-order valence-corrected chi connectivity index (χ2v) is 7.60. The number of pyridine rings is 1. The van der Waals surface area contributed by atoms with Gasteiger partial charge in [-0.2, -0.15) is 0 Å². The zero-order valence-corrected chi connectivity index (χ0v) is 17.3. The standard InChI is InChI=1S/C22H16ClN5OS/c23-17-11-12-18(24-13-17)25-19(29)14-30-22-26-20(15-7-3-1-4-8-15)21(27-28-22)16-9-5-2-6-10-16/h1-13H,14H2,(H,24,25,29). The number of carbonyl (C=O) groups is 1. The predicted molar refractivity (Wildman–Crippen MR) is 119 cm³/mol. The first-order valence-corrected chi connectivity index (χ1v) is 10.4. The smallest absolute Gasteiger partial charge is 0.236 e. The van der Waals surface area contributed by atoms with E-state index < -0.39 is 0 Å². The molecular formula is C22H16ClN5OS. The van der Waals surface area contributed by atoms with E-state index in [1.807, 2.05) is 60.7 Å². The quantitative estimate of drug-likeness (QED) is 0.432. The molecule has 0 unspecified atom stereocenters. The fourth-order valence-electron chi connectivity index (χ4n) is 2.72. The number of rotatable bonds is 6. The molecule has 148 valence electrons. The van der Waals surface area contributed by atoms with Gasteiger partial charge < -0.3 is 5.32 Å². The van der Waals surface area contributed by atoms with Crippen LogP contribution in [0.2, 0.25) is 5.02 Å². The van der Waals surface area contributed by atoms with E-state index in [9.17, 15) is 4.79 Å². The summed E-state index contributed by atoms with van der Waals surface area (Å²) in [5.74, 6) is 0.352. The normalized spacial score (nSPS) is 10.6. The number of amides is 1. The molecule has 2 aromatic carbocycles. The maximum Gasteiger partial charge on any atom is 0.236 e. The van der Waals surface area contributed by atoms with Crippen LogP contribution in [0.5, 0.6) is 0 Å². The Kier molecular flexibility index (Phi) is 6.32. The Hall–Kier alpha value is -3.29. The van der Waals surface area contributed by atoms with Crippen molar-refractivity contribution in [2.75, 3.05) is 11.1 Å².